The number of ether oxygens (including phenoxy) is 1. The van der Waals surface area contributed by atoms with Crippen LogP contribution < -0.4 is 15.5 Å². The molecule has 12 heteroatoms. The number of aromatic hydroxyl groups is 1. The highest BCUT2D eigenvalue weighted by Crippen LogP contribution is 2.40. The predicted molar refractivity (Wildman–Crippen MR) is 171 cm³/mol. The van der Waals surface area contributed by atoms with Gasteiger partial charge in [0.25, 0.3) is 0 Å². The van der Waals surface area contributed by atoms with Gasteiger partial charge in [-0.05, 0) is 24.3 Å². The van der Waals surface area contributed by atoms with Crippen molar-refractivity contribution in [2.75, 3.05) is 5.01 Å². The lowest BCUT2D eigenvalue weighted by Crippen LogP contribution is -2.44. The number of aromatic nitrogens is 4. The van der Waals surface area contributed by atoms with Gasteiger partial charge >= 0.3 is 6.03 Å². The van der Waals surface area contributed by atoms with Gasteiger partial charge in [0.2, 0.25) is 5.88 Å². The number of imidazole rings is 1. The third-order valence-electron chi connectivity index (χ3n) is 7.03. The van der Waals surface area contributed by atoms with Crippen molar-refractivity contribution in [2.24, 2.45) is 5.73 Å². The molecule has 0 fully saturated rings. The average Bonchev–Trinajstić information content (AvgIpc) is 3.65. The molecule has 0 spiro atoms. The Labute approximate surface area is 261 Å². The molecule has 0 saturated heterocycles. The SMILES string of the molecule is CC(C)(C)c1nn(N(Cc2ccccc2Oc2nc3sc4ccccc4n3c2CCl)C(N)=O)cc1-c1cccc(Cl)c1O. The fourth-order valence-corrected chi connectivity index (χ4v) is 6.42. The van der Waals surface area contributed by atoms with E-state index in [0.29, 0.717) is 34.0 Å². The van der Waals surface area contributed by atoms with Gasteiger partial charge < -0.3 is 15.6 Å². The molecule has 3 N–H and O–H groups in total. The Balaban J connectivity index is 1.38. The van der Waals surface area contributed by atoms with Crippen LogP contribution in [-0.2, 0) is 17.8 Å². The van der Waals surface area contributed by atoms with Crippen LogP contribution in [0, 0.1) is 0 Å². The number of urea groups is 1. The van der Waals surface area contributed by atoms with Crippen LogP contribution in [0.3, 0.4) is 0 Å². The summed E-state index contributed by atoms with van der Waals surface area (Å²) in [5.74, 6) is 1.000. The van der Waals surface area contributed by atoms with Crippen molar-refractivity contribution in [3.63, 3.8) is 0 Å². The summed E-state index contributed by atoms with van der Waals surface area (Å²) in [5.41, 5.74) is 9.64. The van der Waals surface area contributed by atoms with Gasteiger partial charge in [0, 0.05) is 22.1 Å². The van der Waals surface area contributed by atoms with Crippen LogP contribution in [0.4, 0.5) is 4.79 Å². The molecule has 43 heavy (non-hydrogen) atoms. The number of carbonyl (C=O) groups excluding carboxylic acids is 1. The highest BCUT2D eigenvalue weighted by atomic mass is 35.5. The van der Waals surface area contributed by atoms with E-state index in [1.54, 1.807) is 41.8 Å². The van der Waals surface area contributed by atoms with Crippen LogP contribution in [0.2, 0.25) is 5.02 Å². The molecule has 0 atom stereocenters. The van der Waals surface area contributed by atoms with Gasteiger partial charge in [-0.25, -0.2) is 9.80 Å². The van der Waals surface area contributed by atoms with Crippen molar-refractivity contribution in [1.82, 2.24) is 19.3 Å². The van der Waals surface area contributed by atoms with Crippen LogP contribution in [0.1, 0.15) is 37.7 Å². The van der Waals surface area contributed by atoms with E-state index in [-0.39, 0.29) is 23.2 Å². The first kappa shape index (κ1) is 28.9. The molecule has 0 aliphatic heterocycles. The highest BCUT2D eigenvalue weighted by Gasteiger charge is 2.28. The van der Waals surface area contributed by atoms with E-state index in [9.17, 15) is 9.90 Å². The molecule has 6 aromatic rings. The first-order valence-electron chi connectivity index (χ1n) is 13.4. The second-order valence-electron chi connectivity index (χ2n) is 11.0. The molecule has 6 rings (SSSR count). The standard InChI is InChI=1S/C31H28Cl2N6O3S/c1-31(2,3)27-20(19-10-8-11-21(33)26(19)40)17-38(36-27)37(29(34)41)16-18-9-4-6-13-24(18)42-28-23(15-32)39-22-12-5-7-14-25(22)43-30(39)35-28/h4-14,17,40H,15-16H2,1-3H3,(H2,34,41). The van der Waals surface area contributed by atoms with Crippen LogP contribution in [0.5, 0.6) is 17.4 Å². The molecule has 9 nitrogen and oxygen atoms in total. The van der Waals surface area contributed by atoms with E-state index in [0.717, 1.165) is 20.9 Å². The number of phenolic OH excluding ortho intramolecular Hbond substituents is 1. The summed E-state index contributed by atoms with van der Waals surface area (Å²) in [6, 6.07) is 19.7. The van der Waals surface area contributed by atoms with Gasteiger partial charge in [0.15, 0.2) is 4.96 Å². The minimum absolute atomic E-state index is 0.0408. The first-order valence-corrected chi connectivity index (χ1v) is 15.2. The number of nitrogens with zero attached hydrogens (tertiary/aromatic N) is 5. The van der Waals surface area contributed by atoms with E-state index in [4.69, 9.17) is 43.8 Å². The molecule has 3 aromatic carbocycles. The summed E-state index contributed by atoms with van der Waals surface area (Å²) in [6.45, 7) is 6.03. The largest absolute Gasteiger partial charge is 0.506 e. The number of halogens is 2. The van der Waals surface area contributed by atoms with Crippen molar-refractivity contribution in [3.8, 4) is 28.5 Å². The third-order valence-corrected chi connectivity index (χ3v) is 8.61. The molecule has 0 bridgehead atoms. The number of benzene rings is 3. The summed E-state index contributed by atoms with van der Waals surface area (Å²) >= 11 is 14.2. The van der Waals surface area contributed by atoms with Crippen LogP contribution >= 0.6 is 34.5 Å². The number of para-hydroxylation sites is 3. The zero-order valence-electron chi connectivity index (χ0n) is 23.6. The summed E-state index contributed by atoms with van der Waals surface area (Å²) in [5, 5.41) is 17.0. The maximum atomic E-state index is 12.9. The molecule has 0 saturated carbocycles. The molecular formula is C31H28Cl2N6O3S. The summed E-state index contributed by atoms with van der Waals surface area (Å²) < 4.78 is 9.46. The lowest BCUT2D eigenvalue weighted by atomic mass is 9.87. The number of hydrogen-bond donors (Lipinski definition) is 2. The number of nitrogens with two attached hydrogens (primary N) is 1. The van der Waals surface area contributed by atoms with Gasteiger partial charge in [0.05, 0.1) is 39.6 Å². The highest BCUT2D eigenvalue weighted by molar-refractivity contribution is 7.23. The monoisotopic (exact) mass is 634 g/mol. The van der Waals surface area contributed by atoms with Gasteiger partial charge in [-0.15, -0.1) is 11.6 Å². The number of amides is 2. The lowest BCUT2D eigenvalue weighted by Gasteiger charge is -2.22. The summed E-state index contributed by atoms with van der Waals surface area (Å²) in [4.78, 5) is 19.8. The summed E-state index contributed by atoms with van der Waals surface area (Å²) in [7, 11) is 0. The summed E-state index contributed by atoms with van der Waals surface area (Å²) in [6.07, 6.45) is 1.67. The molecule has 0 aliphatic carbocycles. The third kappa shape index (κ3) is 5.26. The second kappa shape index (κ2) is 11.1. The molecule has 3 heterocycles. The van der Waals surface area contributed by atoms with Gasteiger partial charge in [-0.2, -0.15) is 14.9 Å². The number of fused-ring (bicyclic) bond motifs is 3. The number of hydrogen-bond acceptors (Lipinski definition) is 6. The van der Waals surface area contributed by atoms with Gasteiger partial charge in [0.1, 0.15) is 17.2 Å². The Hall–Kier alpha value is -4.25. The Bertz CT molecular complexity index is 1990. The Morgan fingerprint density at radius 3 is 2.56 bits per heavy atom. The Morgan fingerprint density at radius 2 is 1.81 bits per heavy atom. The molecular weight excluding hydrogens is 607 g/mol. The zero-order valence-corrected chi connectivity index (χ0v) is 25.9. The number of primary amides is 1. The van der Waals surface area contributed by atoms with E-state index in [1.807, 2.05) is 67.6 Å². The average molecular weight is 636 g/mol. The van der Waals surface area contributed by atoms with Crippen molar-refractivity contribution < 1.29 is 14.6 Å². The normalized spacial score (nSPS) is 11.8. The topological polar surface area (TPSA) is 111 Å². The zero-order chi connectivity index (χ0) is 30.5. The predicted octanol–water partition coefficient (Wildman–Crippen LogP) is 7.82. The number of alkyl halides is 1. The van der Waals surface area contributed by atoms with Crippen LogP contribution in [0.15, 0.2) is 72.9 Å². The number of phenols is 1. The molecule has 0 radical (unpaired) electrons. The Morgan fingerprint density at radius 1 is 1.07 bits per heavy atom. The van der Waals surface area contributed by atoms with Crippen molar-refractivity contribution in [3.05, 3.63) is 94.9 Å². The van der Waals surface area contributed by atoms with Crippen molar-refractivity contribution >= 4 is 55.7 Å². The number of thiazole rings is 1. The molecule has 2 amide bonds. The smallest absolute Gasteiger partial charge is 0.335 e. The van der Waals surface area contributed by atoms with Crippen molar-refractivity contribution in [1.29, 1.82) is 0 Å². The minimum atomic E-state index is -0.727. The molecule has 0 aliphatic rings. The maximum absolute atomic E-state index is 12.9. The molecule has 0 unspecified atom stereocenters. The van der Waals surface area contributed by atoms with Gasteiger partial charge in [-0.1, -0.05) is 86.2 Å². The fraction of sp³-hybridized carbons (Fsp3) is 0.194. The quantitative estimate of drug-likeness (QED) is 0.174. The fourth-order valence-electron chi connectivity index (χ4n) is 4.97. The van der Waals surface area contributed by atoms with E-state index in [2.05, 4.69) is 0 Å². The second-order valence-corrected chi connectivity index (χ2v) is 12.7. The van der Waals surface area contributed by atoms with E-state index in [1.165, 1.54) is 9.80 Å². The molecule has 220 valence electrons. The molecule has 3 aromatic heterocycles. The van der Waals surface area contributed by atoms with E-state index >= 15 is 0 Å². The van der Waals surface area contributed by atoms with Crippen LogP contribution in [-0.4, -0.2) is 30.4 Å². The van der Waals surface area contributed by atoms with Crippen molar-refractivity contribution in [2.45, 2.75) is 38.6 Å². The number of rotatable bonds is 7. The van der Waals surface area contributed by atoms with Gasteiger partial charge in [-0.3, -0.25) is 4.40 Å². The maximum Gasteiger partial charge on any atom is 0.335 e. The Kier molecular flexibility index (Phi) is 7.45. The van der Waals surface area contributed by atoms with E-state index < -0.39 is 11.4 Å². The minimum Gasteiger partial charge on any atom is -0.506 e. The number of carbonyl (C=O) groups is 1. The van der Waals surface area contributed by atoms with Crippen LogP contribution in [0.25, 0.3) is 26.3 Å². The lowest BCUT2D eigenvalue weighted by molar-refractivity contribution is 0.246. The first-order chi connectivity index (χ1) is 20.6.